The van der Waals surface area contributed by atoms with E-state index in [0.29, 0.717) is 42.2 Å². The fraction of sp³-hybridized carbons (Fsp3) is 0.300. The molecule has 1 aromatic carbocycles. The molecule has 0 saturated heterocycles. The maximum absolute atomic E-state index is 12.5. The summed E-state index contributed by atoms with van der Waals surface area (Å²) >= 11 is 0. The number of hydrogen-bond acceptors (Lipinski definition) is 7. The van der Waals surface area contributed by atoms with Crippen molar-refractivity contribution in [1.82, 2.24) is 14.5 Å². The van der Waals surface area contributed by atoms with Crippen LogP contribution >= 0.6 is 0 Å². The van der Waals surface area contributed by atoms with Gasteiger partial charge in [-0.2, -0.15) is 4.99 Å². The largest absolute Gasteiger partial charge is 0.491 e. The Kier molecular flexibility index (Phi) is 5.78. The number of pyridine rings is 1. The fourth-order valence-electron chi connectivity index (χ4n) is 3.11. The number of benzene rings is 1. The molecule has 0 saturated carbocycles. The van der Waals surface area contributed by atoms with Gasteiger partial charge in [0.05, 0.1) is 30.9 Å². The molecule has 9 nitrogen and oxygen atoms in total. The van der Waals surface area contributed by atoms with Crippen molar-refractivity contribution in [3.05, 3.63) is 53.9 Å². The first-order valence-corrected chi connectivity index (χ1v) is 9.35. The van der Waals surface area contributed by atoms with Crippen LogP contribution in [-0.4, -0.2) is 58.5 Å². The first-order valence-electron chi connectivity index (χ1n) is 9.35. The summed E-state index contributed by atoms with van der Waals surface area (Å²) in [6, 6.07) is 8.99. The van der Waals surface area contributed by atoms with Gasteiger partial charge >= 0.3 is 0 Å². The summed E-state index contributed by atoms with van der Waals surface area (Å²) in [5.41, 5.74) is 1.43. The molecule has 0 spiro atoms. The van der Waals surface area contributed by atoms with Gasteiger partial charge in [0, 0.05) is 36.9 Å². The number of carbonyl (C=O) groups is 1. The van der Waals surface area contributed by atoms with E-state index >= 15 is 0 Å². The monoisotopic (exact) mass is 395 g/mol. The van der Waals surface area contributed by atoms with Gasteiger partial charge in [0.1, 0.15) is 18.2 Å². The lowest BCUT2D eigenvalue weighted by molar-refractivity contribution is 0.0705. The van der Waals surface area contributed by atoms with Gasteiger partial charge in [0.15, 0.2) is 0 Å². The summed E-state index contributed by atoms with van der Waals surface area (Å²) in [6.07, 6.45) is 3.10. The number of aliphatic hydroxyl groups excluding tert-OH is 1. The predicted octanol–water partition coefficient (Wildman–Crippen LogP) is 0.986. The lowest BCUT2D eigenvalue weighted by atomic mass is 10.2. The Hall–Kier alpha value is -3.30. The van der Waals surface area contributed by atoms with E-state index in [-0.39, 0.29) is 19.1 Å². The van der Waals surface area contributed by atoms with Crippen molar-refractivity contribution in [2.75, 3.05) is 38.3 Å². The van der Waals surface area contributed by atoms with E-state index in [1.165, 1.54) is 6.20 Å². The quantitative estimate of drug-likeness (QED) is 0.574. The molecule has 1 aliphatic heterocycles. The van der Waals surface area contributed by atoms with Crippen molar-refractivity contribution in [2.24, 2.45) is 4.99 Å². The van der Waals surface area contributed by atoms with Crippen LogP contribution in [0.5, 0.6) is 5.75 Å². The second-order valence-electron chi connectivity index (χ2n) is 6.36. The second kappa shape index (κ2) is 8.80. The molecule has 9 heteroatoms. The Labute approximate surface area is 166 Å². The second-order valence-corrected chi connectivity index (χ2v) is 6.36. The van der Waals surface area contributed by atoms with Gasteiger partial charge in [-0.05, 0) is 24.3 Å². The Morgan fingerprint density at radius 3 is 3.03 bits per heavy atom. The highest BCUT2D eigenvalue weighted by Crippen LogP contribution is 2.26. The molecular formula is C20H21N5O4. The fourth-order valence-corrected chi connectivity index (χ4v) is 3.11. The first-order chi connectivity index (χ1) is 14.3. The SMILES string of the molecule is O=C(N=c1nc2cc(OCCOCCO)ccc2c2n1CCN2)c1cccnc1. The number of hydrogen-bond donors (Lipinski definition) is 2. The third kappa shape index (κ3) is 4.25. The molecule has 150 valence electrons. The maximum atomic E-state index is 12.5. The smallest absolute Gasteiger partial charge is 0.281 e. The van der Waals surface area contributed by atoms with E-state index in [1.54, 1.807) is 18.3 Å². The van der Waals surface area contributed by atoms with Gasteiger partial charge in [0.25, 0.3) is 5.91 Å². The standard InChI is InChI=1S/C20H21N5O4/c26-8-9-28-10-11-29-15-3-4-16-17(12-15)23-20(25-7-6-22-18(16)25)24-19(27)14-2-1-5-21-13-14/h1-5,12-13,22,26H,6-11H2. The van der Waals surface area contributed by atoms with Gasteiger partial charge in [-0.25, -0.2) is 4.98 Å². The number of fused-ring (bicyclic) bond motifs is 3. The molecule has 1 amide bonds. The molecular weight excluding hydrogens is 374 g/mol. The number of amides is 1. The number of aromatic nitrogens is 3. The molecule has 29 heavy (non-hydrogen) atoms. The van der Waals surface area contributed by atoms with Crippen LogP contribution in [0.4, 0.5) is 5.82 Å². The van der Waals surface area contributed by atoms with Crippen molar-refractivity contribution in [2.45, 2.75) is 6.54 Å². The van der Waals surface area contributed by atoms with Crippen LogP contribution in [0, 0.1) is 0 Å². The van der Waals surface area contributed by atoms with Crippen LogP contribution in [0.2, 0.25) is 0 Å². The Morgan fingerprint density at radius 1 is 1.28 bits per heavy atom. The molecule has 1 aliphatic rings. The molecule has 2 aromatic heterocycles. The van der Waals surface area contributed by atoms with Crippen LogP contribution in [0.25, 0.3) is 10.9 Å². The van der Waals surface area contributed by atoms with Crippen LogP contribution in [0.15, 0.2) is 47.7 Å². The van der Waals surface area contributed by atoms with E-state index in [4.69, 9.17) is 14.6 Å². The third-order valence-electron chi connectivity index (χ3n) is 4.43. The maximum Gasteiger partial charge on any atom is 0.281 e. The van der Waals surface area contributed by atoms with Crippen molar-refractivity contribution in [1.29, 1.82) is 0 Å². The molecule has 0 fully saturated rings. The van der Waals surface area contributed by atoms with Crippen LogP contribution in [-0.2, 0) is 11.3 Å². The molecule has 0 unspecified atom stereocenters. The Bertz CT molecular complexity index is 1080. The van der Waals surface area contributed by atoms with Gasteiger partial charge < -0.3 is 19.9 Å². The average molecular weight is 395 g/mol. The summed E-state index contributed by atoms with van der Waals surface area (Å²) in [7, 11) is 0. The minimum absolute atomic E-state index is 0.0142. The highest BCUT2D eigenvalue weighted by Gasteiger charge is 2.16. The van der Waals surface area contributed by atoms with Gasteiger partial charge in [-0.1, -0.05) is 0 Å². The minimum Gasteiger partial charge on any atom is -0.491 e. The van der Waals surface area contributed by atoms with E-state index in [1.807, 2.05) is 22.8 Å². The predicted molar refractivity (Wildman–Crippen MR) is 106 cm³/mol. The van der Waals surface area contributed by atoms with Crippen LogP contribution < -0.4 is 15.7 Å². The van der Waals surface area contributed by atoms with E-state index in [0.717, 1.165) is 17.7 Å². The Balaban J connectivity index is 1.66. The number of carbonyl (C=O) groups excluding carboxylic acids is 1. The number of nitrogens with zero attached hydrogens (tertiary/aromatic N) is 4. The lowest BCUT2D eigenvalue weighted by Gasteiger charge is -2.11. The molecule has 3 aromatic rings. The van der Waals surface area contributed by atoms with Crippen LogP contribution in [0.3, 0.4) is 0 Å². The summed E-state index contributed by atoms with van der Waals surface area (Å²) < 4.78 is 12.8. The zero-order chi connectivity index (χ0) is 20.1. The van der Waals surface area contributed by atoms with Gasteiger partial charge in [-0.3, -0.25) is 14.3 Å². The van der Waals surface area contributed by atoms with Gasteiger partial charge in [-0.15, -0.1) is 0 Å². The molecule has 0 bridgehead atoms. The summed E-state index contributed by atoms with van der Waals surface area (Å²) in [6.45, 7) is 2.43. The topological polar surface area (TPSA) is 111 Å². The summed E-state index contributed by atoms with van der Waals surface area (Å²) in [5.74, 6) is 1.13. The molecule has 4 rings (SSSR count). The van der Waals surface area contributed by atoms with Crippen LogP contribution in [0.1, 0.15) is 10.4 Å². The van der Waals surface area contributed by atoms with E-state index in [9.17, 15) is 4.79 Å². The lowest BCUT2D eigenvalue weighted by Crippen LogP contribution is -2.24. The van der Waals surface area contributed by atoms with Crippen molar-refractivity contribution in [3.63, 3.8) is 0 Å². The minimum atomic E-state index is -0.389. The van der Waals surface area contributed by atoms with Crippen molar-refractivity contribution < 1.29 is 19.4 Å². The third-order valence-corrected chi connectivity index (χ3v) is 4.43. The Morgan fingerprint density at radius 2 is 2.21 bits per heavy atom. The zero-order valence-electron chi connectivity index (χ0n) is 15.7. The number of anilines is 1. The zero-order valence-corrected chi connectivity index (χ0v) is 15.7. The summed E-state index contributed by atoms with van der Waals surface area (Å²) in [5, 5.41) is 13.0. The number of ether oxygens (including phenoxy) is 2. The molecule has 2 N–H and O–H groups in total. The number of nitrogens with one attached hydrogen (secondary N) is 1. The normalized spacial score (nSPS) is 13.3. The molecule has 0 radical (unpaired) electrons. The van der Waals surface area contributed by atoms with Gasteiger partial charge in [0.2, 0.25) is 5.62 Å². The highest BCUT2D eigenvalue weighted by molar-refractivity contribution is 5.95. The number of aliphatic hydroxyl groups is 1. The highest BCUT2D eigenvalue weighted by atomic mass is 16.5. The molecule has 0 aliphatic carbocycles. The molecule has 3 heterocycles. The first kappa shape index (κ1) is 19.0. The van der Waals surface area contributed by atoms with E-state index in [2.05, 4.69) is 20.3 Å². The average Bonchev–Trinajstić information content (AvgIpc) is 3.24. The molecule has 0 atom stereocenters. The number of rotatable bonds is 7. The summed E-state index contributed by atoms with van der Waals surface area (Å²) in [4.78, 5) is 25.3. The van der Waals surface area contributed by atoms with Crippen molar-refractivity contribution >= 4 is 22.6 Å². The van der Waals surface area contributed by atoms with E-state index < -0.39 is 0 Å². The van der Waals surface area contributed by atoms with Crippen molar-refractivity contribution in [3.8, 4) is 5.75 Å².